The monoisotopic (exact) mass is 420 g/mol. The van der Waals surface area contributed by atoms with E-state index in [1.54, 1.807) is 0 Å². The Bertz CT molecular complexity index is 926. The molecule has 0 spiro atoms. The van der Waals surface area contributed by atoms with Crippen molar-refractivity contribution in [2.45, 2.75) is 32.5 Å². The molecule has 1 aromatic heterocycles. The van der Waals surface area contributed by atoms with E-state index in [-0.39, 0.29) is 6.61 Å². The molecule has 1 aliphatic rings. The molecule has 0 bridgehead atoms. The fraction of sp³-hybridized carbons (Fsp3) is 0.400. The van der Waals surface area contributed by atoms with Gasteiger partial charge in [-0.3, -0.25) is 14.9 Å². The highest BCUT2D eigenvalue weighted by atomic mass is 16.5. The number of aliphatic hydroxyl groups is 1. The molecular weight excluding hydrogens is 388 g/mol. The van der Waals surface area contributed by atoms with Crippen LogP contribution in [0.2, 0.25) is 0 Å². The van der Waals surface area contributed by atoms with Crippen molar-refractivity contribution in [3.63, 3.8) is 0 Å². The fourth-order valence-corrected chi connectivity index (χ4v) is 4.35. The Balaban J connectivity index is 1.40. The van der Waals surface area contributed by atoms with Crippen LogP contribution in [0.4, 0.5) is 0 Å². The summed E-state index contributed by atoms with van der Waals surface area (Å²) < 4.78 is 5.56. The highest BCUT2D eigenvalue weighted by Gasteiger charge is 2.27. The number of piperazine rings is 1. The minimum absolute atomic E-state index is 0.208. The molecule has 2 aromatic carbocycles. The van der Waals surface area contributed by atoms with Crippen molar-refractivity contribution in [2.75, 3.05) is 32.8 Å². The Labute approximate surface area is 184 Å². The van der Waals surface area contributed by atoms with Gasteiger partial charge in [-0.05, 0) is 36.6 Å². The van der Waals surface area contributed by atoms with Crippen LogP contribution in [0.3, 0.4) is 0 Å². The number of nitrogens with one attached hydrogen (secondary N) is 1. The first kappa shape index (κ1) is 21.6. The number of aromatic nitrogens is 2. The molecule has 0 radical (unpaired) electrons. The summed E-state index contributed by atoms with van der Waals surface area (Å²) >= 11 is 0. The Morgan fingerprint density at radius 3 is 2.61 bits per heavy atom. The molecule has 4 rings (SSSR count). The predicted octanol–water partition coefficient (Wildman–Crippen LogP) is 3.54. The molecule has 2 heterocycles. The van der Waals surface area contributed by atoms with Crippen LogP contribution in [0.15, 0.2) is 60.8 Å². The third-order valence-electron chi connectivity index (χ3n) is 5.95. The summed E-state index contributed by atoms with van der Waals surface area (Å²) in [6.45, 7) is 7.57. The molecule has 0 amide bonds. The lowest BCUT2D eigenvalue weighted by atomic mass is 10.0. The first-order valence-electron chi connectivity index (χ1n) is 11.1. The molecule has 1 saturated heterocycles. The molecule has 0 aliphatic carbocycles. The number of benzene rings is 2. The predicted molar refractivity (Wildman–Crippen MR) is 123 cm³/mol. The van der Waals surface area contributed by atoms with Gasteiger partial charge in [-0.25, -0.2) is 0 Å². The lowest BCUT2D eigenvalue weighted by Gasteiger charge is -2.41. The molecule has 1 atom stereocenters. The fourth-order valence-electron chi connectivity index (χ4n) is 4.35. The van der Waals surface area contributed by atoms with Crippen LogP contribution in [0.1, 0.15) is 24.5 Å². The normalized spacial score (nSPS) is 17.7. The molecule has 1 aliphatic heterocycles. The van der Waals surface area contributed by atoms with E-state index >= 15 is 0 Å². The SMILES string of the molecule is CCOc1ccc(CN2CCN(Cc3cn[nH]c3-c3ccccc3)C[C@@H]2CCO)cc1. The van der Waals surface area contributed by atoms with E-state index in [0.29, 0.717) is 12.6 Å². The van der Waals surface area contributed by atoms with Gasteiger partial charge in [0.2, 0.25) is 0 Å². The number of aromatic amines is 1. The third-order valence-corrected chi connectivity index (χ3v) is 5.95. The largest absolute Gasteiger partial charge is 0.494 e. The first-order valence-corrected chi connectivity index (χ1v) is 11.1. The van der Waals surface area contributed by atoms with Crippen molar-refractivity contribution in [3.8, 4) is 17.0 Å². The summed E-state index contributed by atoms with van der Waals surface area (Å²) in [6, 6.07) is 19.1. The van der Waals surface area contributed by atoms with Crippen molar-refractivity contribution in [1.29, 1.82) is 0 Å². The third kappa shape index (κ3) is 5.53. The van der Waals surface area contributed by atoms with Gasteiger partial charge < -0.3 is 9.84 Å². The van der Waals surface area contributed by atoms with Crippen LogP contribution in [-0.2, 0) is 13.1 Å². The number of ether oxygens (including phenoxy) is 1. The van der Waals surface area contributed by atoms with Gasteiger partial charge in [0.1, 0.15) is 5.75 Å². The Kier molecular flexibility index (Phi) is 7.35. The van der Waals surface area contributed by atoms with Crippen LogP contribution in [-0.4, -0.2) is 64.0 Å². The maximum Gasteiger partial charge on any atom is 0.119 e. The molecule has 6 nitrogen and oxygen atoms in total. The van der Waals surface area contributed by atoms with E-state index in [1.807, 2.05) is 31.3 Å². The van der Waals surface area contributed by atoms with Crippen LogP contribution in [0.25, 0.3) is 11.3 Å². The van der Waals surface area contributed by atoms with E-state index in [4.69, 9.17) is 4.74 Å². The summed E-state index contributed by atoms with van der Waals surface area (Å²) in [5.74, 6) is 0.914. The molecule has 0 unspecified atom stereocenters. The van der Waals surface area contributed by atoms with Gasteiger partial charge in [-0.15, -0.1) is 0 Å². The molecule has 6 heteroatoms. The summed E-state index contributed by atoms with van der Waals surface area (Å²) in [4.78, 5) is 4.97. The minimum Gasteiger partial charge on any atom is -0.494 e. The van der Waals surface area contributed by atoms with Crippen molar-refractivity contribution < 1.29 is 9.84 Å². The highest BCUT2D eigenvalue weighted by Crippen LogP contribution is 2.24. The lowest BCUT2D eigenvalue weighted by molar-refractivity contribution is 0.0500. The number of hydrogen-bond donors (Lipinski definition) is 2. The Morgan fingerprint density at radius 1 is 1.06 bits per heavy atom. The maximum atomic E-state index is 9.66. The smallest absolute Gasteiger partial charge is 0.119 e. The van der Waals surface area contributed by atoms with Crippen LogP contribution in [0.5, 0.6) is 5.75 Å². The summed E-state index contributed by atoms with van der Waals surface area (Å²) in [6.07, 6.45) is 2.72. The lowest BCUT2D eigenvalue weighted by Crippen LogP contribution is -2.52. The second kappa shape index (κ2) is 10.6. The van der Waals surface area contributed by atoms with Crippen molar-refractivity contribution >= 4 is 0 Å². The topological polar surface area (TPSA) is 64.6 Å². The number of nitrogens with zero attached hydrogens (tertiary/aromatic N) is 3. The molecule has 0 saturated carbocycles. The second-order valence-corrected chi connectivity index (χ2v) is 8.08. The van der Waals surface area contributed by atoms with Crippen LogP contribution in [0, 0.1) is 0 Å². The van der Waals surface area contributed by atoms with E-state index in [2.05, 4.69) is 56.4 Å². The zero-order valence-corrected chi connectivity index (χ0v) is 18.2. The molecule has 3 aromatic rings. The van der Waals surface area contributed by atoms with Gasteiger partial charge in [0.15, 0.2) is 0 Å². The Morgan fingerprint density at radius 2 is 1.87 bits per heavy atom. The van der Waals surface area contributed by atoms with E-state index in [9.17, 15) is 5.11 Å². The quantitative estimate of drug-likeness (QED) is 0.554. The zero-order chi connectivity index (χ0) is 21.5. The number of H-pyrrole nitrogens is 1. The highest BCUT2D eigenvalue weighted by molar-refractivity contribution is 5.62. The average molecular weight is 421 g/mol. The minimum atomic E-state index is 0.208. The van der Waals surface area contributed by atoms with Gasteiger partial charge in [0, 0.05) is 50.9 Å². The van der Waals surface area contributed by atoms with Gasteiger partial charge in [-0.2, -0.15) is 5.10 Å². The number of hydrogen-bond acceptors (Lipinski definition) is 5. The van der Waals surface area contributed by atoms with Crippen molar-refractivity contribution in [1.82, 2.24) is 20.0 Å². The summed E-state index contributed by atoms with van der Waals surface area (Å²) in [5.41, 5.74) is 4.75. The molecular formula is C25H32N4O2. The number of rotatable bonds is 9. The number of aliphatic hydroxyl groups excluding tert-OH is 1. The average Bonchev–Trinajstić information content (AvgIpc) is 3.26. The Hall–Kier alpha value is -2.67. The summed E-state index contributed by atoms with van der Waals surface area (Å²) in [5, 5.41) is 17.1. The molecule has 2 N–H and O–H groups in total. The van der Waals surface area contributed by atoms with E-state index in [0.717, 1.165) is 56.2 Å². The van der Waals surface area contributed by atoms with Gasteiger partial charge in [-0.1, -0.05) is 42.5 Å². The summed E-state index contributed by atoms with van der Waals surface area (Å²) in [7, 11) is 0. The first-order chi connectivity index (χ1) is 15.3. The maximum absolute atomic E-state index is 9.66. The van der Waals surface area contributed by atoms with Crippen LogP contribution < -0.4 is 4.74 Å². The van der Waals surface area contributed by atoms with Crippen LogP contribution >= 0.6 is 0 Å². The van der Waals surface area contributed by atoms with Crippen molar-refractivity contribution in [3.05, 3.63) is 71.9 Å². The molecule has 31 heavy (non-hydrogen) atoms. The van der Waals surface area contributed by atoms with Gasteiger partial charge >= 0.3 is 0 Å². The van der Waals surface area contributed by atoms with Gasteiger partial charge in [0.25, 0.3) is 0 Å². The standard InChI is InChI=1S/C25H32N4O2/c1-2-31-24-10-8-20(9-11-24)17-29-14-13-28(19-23(29)12-15-30)18-22-16-26-27-25(22)21-6-4-3-5-7-21/h3-11,16,23,30H,2,12-15,17-19H2,1H3,(H,26,27)/t23-/m0/s1. The zero-order valence-electron chi connectivity index (χ0n) is 18.2. The molecule has 1 fully saturated rings. The van der Waals surface area contributed by atoms with Gasteiger partial charge in [0.05, 0.1) is 18.5 Å². The van der Waals surface area contributed by atoms with Crippen molar-refractivity contribution in [2.24, 2.45) is 0 Å². The van der Waals surface area contributed by atoms with E-state index < -0.39 is 0 Å². The van der Waals surface area contributed by atoms with E-state index in [1.165, 1.54) is 11.1 Å². The second-order valence-electron chi connectivity index (χ2n) is 8.08. The molecule has 164 valence electrons.